The minimum Gasteiger partial charge on any atom is -0.390 e. The molecule has 0 aromatic heterocycles. The Morgan fingerprint density at radius 2 is 1.36 bits per heavy atom. The second-order valence-electron chi connectivity index (χ2n) is 15.6. The summed E-state index contributed by atoms with van der Waals surface area (Å²) >= 11 is 0. The van der Waals surface area contributed by atoms with E-state index < -0.39 is 17.8 Å². The molecule has 0 radical (unpaired) electrons. The van der Waals surface area contributed by atoms with Crippen LogP contribution in [0.25, 0.3) is 0 Å². The lowest BCUT2D eigenvalue weighted by molar-refractivity contribution is -0.310. The third-order valence-corrected chi connectivity index (χ3v) is 13.6. The van der Waals surface area contributed by atoms with Crippen LogP contribution < -0.4 is 0 Å². The van der Waals surface area contributed by atoms with Gasteiger partial charge in [0, 0.05) is 5.41 Å². The summed E-state index contributed by atoms with van der Waals surface area (Å²) in [7, 11) is 0. The monoisotopic (exact) mass is 460 g/mol. The molecule has 0 aromatic rings. The Bertz CT molecular complexity index is 799. The van der Waals surface area contributed by atoms with Crippen LogP contribution in [0, 0.1) is 56.7 Å². The van der Waals surface area contributed by atoms with E-state index in [-0.39, 0.29) is 33.0 Å². The van der Waals surface area contributed by atoms with Crippen molar-refractivity contribution in [1.82, 2.24) is 0 Å². The van der Waals surface area contributed by atoms with Gasteiger partial charge in [0.1, 0.15) is 0 Å². The summed E-state index contributed by atoms with van der Waals surface area (Å²) in [5.74, 6) is 2.13. The van der Waals surface area contributed by atoms with E-state index in [2.05, 4.69) is 41.5 Å². The van der Waals surface area contributed by atoms with E-state index in [1.165, 1.54) is 32.1 Å². The van der Waals surface area contributed by atoms with Crippen LogP contribution in [0.4, 0.5) is 0 Å². The van der Waals surface area contributed by atoms with Gasteiger partial charge in [-0.3, -0.25) is 0 Å². The highest BCUT2D eigenvalue weighted by Gasteiger charge is 2.74. The third-order valence-electron chi connectivity index (χ3n) is 13.6. The molecule has 0 aromatic carbocycles. The number of fused-ring (bicyclic) bond motifs is 7. The van der Waals surface area contributed by atoms with Crippen molar-refractivity contribution < 1.29 is 15.3 Å². The smallest absolute Gasteiger partial charge is 0.0863 e. The first-order chi connectivity index (χ1) is 15.0. The summed E-state index contributed by atoms with van der Waals surface area (Å²) in [6.07, 6.45) is 9.29. The fourth-order valence-corrected chi connectivity index (χ4v) is 12.3. The van der Waals surface area contributed by atoms with Gasteiger partial charge in [-0.25, -0.2) is 0 Å². The normalized spacial score (nSPS) is 58.1. The van der Waals surface area contributed by atoms with E-state index in [9.17, 15) is 15.3 Å². The highest BCUT2D eigenvalue weighted by Crippen LogP contribution is 2.78. The van der Waals surface area contributed by atoms with Gasteiger partial charge in [0.05, 0.1) is 17.8 Å². The zero-order valence-corrected chi connectivity index (χ0v) is 22.7. The maximum absolute atomic E-state index is 12.0. The maximum Gasteiger partial charge on any atom is 0.0863 e. The fraction of sp³-hybridized carbons (Fsp3) is 1.00. The van der Waals surface area contributed by atoms with Gasteiger partial charge in [0.2, 0.25) is 0 Å². The predicted octanol–water partition coefficient (Wildman–Crippen LogP) is 6.19. The Kier molecular flexibility index (Phi) is 5.21. The quantitative estimate of drug-likeness (QED) is 0.437. The van der Waals surface area contributed by atoms with Gasteiger partial charge in [-0.2, -0.15) is 0 Å². The van der Waals surface area contributed by atoms with Crippen LogP contribution >= 0.6 is 0 Å². The lowest BCUT2D eigenvalue weighted by Gasteiger charge is -2.75. The zero-order valence-electron chi connectivity index (χ0n) is 22.7. The fourth-order valence-electron chi connectivity index (χ4n) is 12.3. The van der Waals surface area contributed by atoms with Crippen LogP contribution in [0.15, 0.2) is 0 Å². The van der Waals surface area contributed by atoms with Gasteiger partial charge in [0.25, 0.3) is 0 Å². The highest BCUT2D eigenvalue weighted by molar-refractivity contribution is 5.23. The largest absolute Gasteiger partial charge is 0.390 e. The molecule has 5 aliphatic rings. The van der Waals surface area contributed by atoms with Crippen LogP contribution in [0.3, 0.4) is 0 Å². The highest BCUT2D eigenvalue weighted by atomic mass is 16.3. The first-order valence-electron chi connectivity index (χ1n) is 14.1. The van der Waals surface area contributed by atoms with Crippen LogP contribution in [0.2, 0.25) is 0 Å². The molecule has 3 N–H and O–H groups in total. The summed E-state index contributed by atoms with van der Waals surface area (Å²) in [5, 5.41) is 34.8. The van der Waals surface area contributed by atoms with Crippen LogP contribution in [0.1, 0.15) is 113 Å². The molecule has 0 spiro atoms. The molecule has 0 heterocycles. The average molecular weight is 461 g/mol. The van der Waals surface area contributed by atoms with Crippen molar-refractivity contribution in [1.29, 1.82) is 0 Å². The molecule has 5 fully saturated rings. The topological polar surface area (TPSA) is 60.7 Å². The van der Waals surface area contributed by atoms with Crippen molar-refractivity contribution in [3.8, 4) is 0 Å². The van der Waals surface area contributed by atoms with Gasteiger partial charge < -0.3 is 15.3 Å². The first-order valence-corrected chi connectivity index (χ1v) is 14.1. The summed E-state index contributed by atoms with van der Waals surface area (Å²) in [4.78, 5) is 0. The van der Waals surface area contributed by atoms with E-state index in [4.69, 9.17) is 0 Å². The van der Waals surface area contributed by atoms with Gasteiger partial charge in [-0.05, 0) is 116 Å². The Morgan fingerprint density at radius 3 is 2.00 bits per heavy atom. The predicted molar refractivity (Wildman–Crippen MR) is 134 cm³/mol. The van der Waals surface area contributed by atoms with Crippen molar-refractivity contribution >= 4 is 0 Å². The average Bonchev–Trinajstić information content (AvgIpc) is 3.04. The molecular formula is C30H52O3. The Hall–Kier alpha value is -0.120. The van der Waals surface area contributed by atoms with Gasteiger partial charge in [-0.1, -0.05) is 48.0 Å². The number of rotatable bonds is 1. The maximum atomic E-state index is 12.0. The van der Waals surface area contributed by atoms with Crippen molar-refractivity contribution in [3.63, 3.8) is 0 Å². The molecule has 0 bridgehead atoms. The Balaban J connectivity index is 1.58. The van der Waals surface area contributed by atoms with E-state index >= 15 is 0 Å². The second kappa shape index (κ2) is 7.00. The first kappa shape index (κ1) is 24.6. The molecule has 190 valence electrons. The Labute approximate surface area is 203 Å². The number of aliphatic hydroxyl groups is 3. The molecule has 5 saturated carbocycles. The van der Waals surface area contributed by atoms with Crippen molar-refractivity contribution in [2.75, 3.05) is 0 Å². The minimum atomic E-state index is -0.655. The van der Waals surface area contributed by atoms with Crippen molar-refractivity contribution in [2.24, 2.45) is 56.7 Å². The molecule has 33 heavy (non-hydrogen) atoms. The minimum absolute atomic E-state index is 0.0195. The molecule has 11 atom stereocenters. The molecule has 0 aliphatic heterocycles. The van der Waals surface area contributed by atoms with Gasteiger partial charge in [-0.15, -0.1) is 0 Å². The van der Waals surface area contributed by atoms with Crippen LogP contribution in [0.5, 0.6) is 0 Å². The van der Waals surface area contributed by atoms with E-state index in [0.29, 0.717) is 23.7 Å². The van der Waals surface area contributed by atoms with E-state index in [1.807, 2.05) is 13.8 Å². The Morgan fingerprint density at radius 1 is 0.727 bits per heavy atom. The van der Waals surface area contributed by atoms with Crippen molar-refractivity contribution in [3.05, 3.63) is 0 Å². The van der Waals surface area contributed by atoms with Gasteiger partial charge in [0.15, 0.2) is 0 Å². The molecule has 0 unspecified atom stereocenters. The molecule has 3 heteroatoms. The summed E-state index contributed by atoms with van der Waals surface area (Å²) < 4.78 is 0. The summed E-state index contributed by atoms with van der Waals surface area (Å²) in [5.41, 5.74) is -0.486. The zero-order chi connectivity index (χ0) is 24.4. The molecule has 0 saturated heterocycles. The second-order valence-corrected chi connectivity index (χ2v) is 15.6. The van der Waals surface area contributed by atoms with Gasteiger partial charge >= 0.3 is 0 Å². The molecule has 3 nitrogen and oxygen atoms in total. The number of aliphatic hydroxyl groups excluding tert-OH is 2. The summed E-state index contributed by atoms with van der Waals surface area (Å²) in [6.45, 7) is 18.6. The van der Waals surface area contributed by atoms with Crippen molar-refractivity contribution in [2.45, 2.75) is 131 Å². The standard InChI is InChI=1S/C30H52O3/c1-25(2)14-9-15-28(6)21-11-10-20-27(5)16-12-18(26(3,4)33)19(27)13-17-29(20,7)30(21,8)24(32)22(31)23(25)28/h18-24,31-33H,9-17H2,1-8H3/t18-,19+,20+,21+,22+,23+,24-,27-,28+,29+,30-/m0/s1. The summed E-state index contributed by atoms with van der Waals surface area (Å²) in [6, 6.07) is 0. The SMILES string of the molecule is CC(C)(O)[C@H]1CC[C@@]2(C)[C@@H]1CC[C@]1(C)[C@@H]2CC[C@@H]2[C@@]3(C)CCCC(C)(C)[C@H]3[C@@H](O)[C@H](O)[C@]21C. The molecule has 0 amide bonds. The molecule has 5 rings (SSSR count). The van der Waals surface area contributed by atoms with E-state index in [0.717, 1.165) is 25.7 Å². The lowest BCUT2D eigenvalue weighted by Crippen LogP contribution is -2.74. The third kappa shape index (κ3) is 2.85. The number of hydrogen-bond acceptors (Lipinski definition) is 3. The number of hydrogen-bond donors (Lipinski definition) is 3. The van der Waals surface area contributed by atoms with Crippen LogP contribution in [-0.2, 0) is 0 Å². The molecule has 5 aliphatic carbocycles. The van der Waals surface area contributed by atoms with Crippen LogP contribution in [-0.4, -0.2) is 33.1 Å². The lowest BCUT2D eigenvalue weighted by atomic mass is 9.31. The van der Waals surface area contributed by atoms with E-state index in [1.54, 1.807) is 0 Å². The molecular weight excluding hydrogens is 408 g/mol.